The molecule has 9 nitrogen and oxygen atoms in total. The van der Waals surface area contributed by atoms with E-state index in [2.05, 4.69) is 10.1 Å². The summed E-state index contributed by atoms with van der Waals surface area (Å²) in [6.07, 6.45) is 2.30. The molecule has 0 atom stereocenters. The Morgan fingerprint density at radius 1 is 1.53 bits per heavy atom. The van der Waals surface area contributed by atoms with Crippen molar-refractivity contribution in [3.8, 4) is 11.9 Å². The molecule has 0 fully saturated rings. The first-order chi connectivity index (χ1) is 9.02. The van der Waals surface area contributed by atoms with Gasteiger partial charge in [0, 0.05) is 12.3 Å². The summed E-state index contributed by atoms with van der Waals surface area (Å²) in [7, 11) is 0. The van der Waals surface area contributed by atoms with Crippen molar-refractivity contribution in [2.45, 2.75) is 0 Å². The minimum absolute atomic E-state index is 0.0568. The van der Waals surface area contributed by atoms with E-state index >= 15 is 0 Å². The van der Waals surface area contributed by atoms with Gasteiger partial charge in [-0.2, -0.15) is 10.4 Å². The van der Waals surface area contributed by atoms with E-state index in [4.69, 9.17) is 10.4 Å². The highest BCUT2D eigenvalue weighted by Crippen LogP contribution is 2.17. The lowest BCUT2D eigenvalue weighted by Gasteiger charge is -2.00. The first-order valence-electron chi connectivity index (χ1n) is 4.87. The Hall–Kier alpha value is -3.28. The highest BCUT2D eigenvalue weighted by molar-refractivity contribution is 5.86. The Morgan fingerprint density at radius 3 is 2.79 bits per heavy atom. The summed E-state index contributed by atoms with van der Waals surface area (Å²) in [5, 5.41) is 31.9. The van der Waals surface area contributed by atoms with Gasteiger partial charge in [-0.25, -0.2) is 14.5 Å². The predicted octanol–water partition coefficient (Wildman–Crippen LogP) is 0.745. The van der Waals surface area contributed by atoms with Crippen molar-refractivity contribution in [2.24, 2.45) is 0 Å². The van der Waals surface area contributed by atoms with Gasteiger partial charge in [0.15, 0.2) is 5.82 Å². The maximum atomic E-state index is 10.7. The molecule has 2 aromatic rings. The van der Waals surface area contributed by atoms with Crippen molar-refractivity contribution in [1.82, 2.24) is 14.8 Å². The lowest BCUT2D eigenvalue weighted by atomic mass is 10.3. The number of nitriles is 1. The average Bonchev–Trinajstić information content (AvgIpc) is 2.87. The summed E-state index contributed by atoms with van der Waals surface area (Å²) < 4.78 is 1.12. The van der Waals surface area contributed by atoms with Crippen molar-refractivity contribution in [2.75, 3.05) is 0 Å². The first kappa shape index (κ1) is 12.2. The van der Waals surface area contributed by atoms with Crippen molar-refractivity contribution >= 4 is 11.7 Å². The first-order valence-corrected chi connectivity index (χ1v) is 4.87. The van der Waals surface area contributed by atoms with Crippen LogP contribution in [0.15, 0.2) is 24.5 Å². The van der Waals surface area contributed by atoms with Crippen LogP contribution in [0.5, 0.6) is 0 Å². The van der Waals surface area contributed by atoms with Crippen LogP contribution in [0.25, 0.3) is 5.82 Å². The second kappa shape index (κ2) is 4.53. The molecule has 0 radical (unpaired) electrons. The highest BCUT2D eigenvalue weighted by atomic mass is 16.6. The number of aromatic nitrogens is 3. The molecule has 0 saturated carbocycles. The standard InChI is InChI=1S/C10H5N5O4/c11-3-7-8(15(18)19)1-2-9(13-7)14-5-6(4-12-14)10(16)17/h1-2,4-5H,(H,16,17). The predicted molar refractivity (Wildman–Crippen MR) is 59.7 cm³/mol. The number of aromatic carboxylic acids is 1. The molecule has 2 rings (SSSR count). The molecule has 0 amide bonds. The molecule has 1 N–H and O–H groups in total. The SMILES string of the molecule is N#Cc1nc(-n2cc(C(=O)O)cn2)ccc1[N+](=O)[O-]. The van der Waals surface area contributed by atoms with Crippen LogP contribution in [-0.4, -0.2) is 30.8 Å². The van der Waals surface area contributed by atoms with Crippen LogP contribution in [-0.2, 0) is 0 Å². The number of pyridine rings is 1. The second-order valence-electron chi connectivity index (χ2n) is 3.38. The van der Waals surface area contributed by atoms with E-state index in [1.165, 1.54) is 12.3 Å². The number of rotatable bonds is 3. The van der Waals surface area contributed by atoms with E-state index in [1.54, 1.807) is 6.07 Å². The molecular formula is C10H5N5O4. The Labute approximate surface area is 105 Å². The minimum Gasteiger partial charge on any atom is -0.478 e. The Morgan fingerprint density at radius 2 is 2.26 bits per heavy atom. The third kappa shape index (κ3) is 2.22. The monoisotopic (exact) mass is 259 g/mol. The van der Waals surface area contributed by atoms with Crippen molar-refractivity contribution in [3.05, 3.63) is 45.9 Å². The molecule has 19 heavy (non-hydrogen) atoms. The van der Waals surface area contributed by atoms with Gasteiger partial charge in [0.1, 0.15) is 6.07 Å². The number of carboxylic acid groups (broad SMARTS) is 1. The van der Waals surface area contributed by atoms with E-state index < -0.39 is 16.6 Å². The zero-order valence-corrected chi connectivity index (χ0v) is 9.22. The number of nitro groups is 1. The molecule has 9 heteroatoms. The van der Waals surface area contributed by atoms with Gasteiger partial charge < -0.3 is 5.11 Å². The Kier molecular flexibility index (Phi) is 2.91. The lowest BCUT2D eigenvalue weighted by molar-refractivity contribution is -0.385. The van der Waals surface area contributed by atoms with Crippen LogP contribution in [0.4, 0.5) is 5.69 Å². The number of carboxylic acids is 1. The molecule has 0 saturated heterocycles. The highest BCUT2D eigenvalue weighted by Gasteiger charge is 2.17. The fraction of sp³-hybridized carbons (Fsp3) is 0. The smallest absolute Gasteiger partial charge is 0.338 e. The average molecular weight is 259 g/mol. The number of nitrogens with zero attached hydrogens (tertiary/aromatic N) is 5. The van der Waals surface area contributed by atoms with Gasteiger partial charge in [0.05, 0.1) is 16.7 Å². The molecule has 2 heterocycles. The topological polar surface area (TPSA) is 135 Å². The maximum absolute atomic E-state index is 10.7. The number of carbonyl (C=O) groups is 1. The van der Waals surface area contributed by atoms with Gasteiger partial charge in [-0.15, -0.1) is 0 Å². The Balaban J connectivity index is 2.49. The molecule has 0 unspecified atom stereocenters. The lowest BCUT2D eigenvalue weighted by Crippen LogP contribution is -2.02. The van der Waals surface area contributed by atoms with Crippen LogP contribution in [0, 0.1) is 21.4 Å². The third-order valence-corrected chi connectivity index (χ3v) is 2.23. The van der Waals surface area contributed by atoms with Crippen LogP contribution in [0.1, 0.15) is 16.1 Å². The summed E-state index contributed by atoms with van der Waals surface area (Å²) in [4.78, 5) is 24.4. The molecule has 0 aliphatic rings. The van der Waals surface area contributed by atoms with Crippen LogP contribution in [0.3, 0.4) is 0 Å². The minimum atomic E-state index is -1.16. The van der Waals surface area contributed by atoms with E-state index in [0.717, 1.165) is 16.9 Å². The van der Waals surface area contributed by atoms with Crippen molar-refractivity contribution in [3.63, 3.8) is 0 Å². The molecular weight excluding hydrogens is 254 g/mol. The summed E-state index contributed by atoms with van der Waals surface area (Å²) in [6, 6.07) is 4.00. The Bertz CT molecular complexity index is 715. The molecule has 0 aromatic carbocycles. The van der Waals surface area contributed by atoms with Gasteiger partial charge in [0.2, 0.25) is 5.69 Å². The third-order valence-electron chi connectivity index (χ3n) is 2.23. The molecule has 0 aliphatic carbocycles. The largest absolute Gasteiger partial charge is 0.478 e. The van der Waals surface area contributed by atoms with Crippen molar-refractivity contribution in [1.29, 1.82) is 5.26 Å². The molecule has 0 bridgehead atoms. The van der Waals surface area contributed by atoms with E-state index in [-0.39, 0.29) is 17.1 Å². The zero-order chi connectivity index (χ0) is 14.0. The van der Waals surface area contributed by atoms with E-state index in [9.17, 15) is 14.9 Å². The van der Waals surface area contributed by atoms with E-state index in [1.807, 2.05) is 0 Å². The quantitative estimate of drug-likeness (QED) is 0.634. The van der Waals surface area contributed by atoms with Crippen LogP contribution in [0.2, 0.25) is 0 Å². The van der Waals surface area contributed by atoms with Crippen molar-refractivity contribution < 1.29 is 14.8 Å². The fourth-order valence-corrected chi connectivity index (χ4v) is 1.36. The molecule has 2 aromatic heterocycles. The van der Waals surface area contributed by atoms with Gasteiger partial charge in [-0.3, -0.25) is 10.1 Å². The summed E-state index contributed by atoms with van der Waals surface area (Å²) >= 11 is 0. The van der Waals surface area contributed by atoms with Gasteiger partial charge >= 0.3 is 11.7 Å². The normalized spacial score (nSPS) is 9.84. The van der Waals surface area contributed by atoms with Gasteiger partial charge in [-0.05, 0) is 6.07 Å². The van der Waals surface area contributed by atoms with E-state index in [0.29, 0.717) is 0 Å². The summed E-state index contributed by atoms with van der Waals surface area (Å²) in [5.41, 5.74) is -0.842. The van der Waals surface area contributed by atoms with Gasteiger partial charge in [-0.1, -0.05) is 0 Å². The number of hydrogen-bond donors (Lipinski definition) is 1. The number of hydrogen-bond acceptors (Lipinski definition) is 6. The molecule has 0 aliphatic heterocycles. The second-order valence-corrected chi connectivity index (χ2v) is 3.38. The van der Waals surface area contributed by atoms with Gasteiger partial charge in [0.25, 0.3) is 0 Å². The van der Waals surface area contributed by atoms with Crippen LogP contribution >= 0.6 is 0 Å². The summed E-state index contributed by atoms with van der Waals surface area (Å²) in [5.74, 6) is -1.04. The maximum Gasteiger partial charge on any atom is 0.338 e. The molecule has 0 spiro atoms. The fourth-order valence-electron chi connectivity index (χ4n) is 1.36. The summed E-state index contributed by atoms with van der Waals surface area (Å²) in [6.45, 7) is 0. The zero-order valence-electron chi connectivity index (χ0n) is 9.22. The van der Waals surface area contributed by atoms with Crippen LogP contribution < -0.4 is 0 Å². The molecule has 94 valence electrons.